The van der Waals surface area contributed by atoms with Crippen molar-refractivity contribution in [2.75, 3.05) is 7.11 Å². The van der Waals surface area contributed by atoms with Gasteiger partial charge in [0.1, 0.15) is 12.7 Å². The summed E-state index contributed by atoms with van der Waals surface area (Å²) in [6.07, 6.45) is 7.60. The normalized spacial score (nSPS) is 26.4. The molecule has 2 aliphatic rings. The van der Waals surface area contributed by atoms with Crippen molar-refractivity contribution in [3.05, 3.63) is 11.6 Å². The maximum atomic E-state index is 12.4. The molecule has 0 radical (unpaired) electrons. The van der Waals surface area contributed by atoms with Gasteiger partial charge in [-0.3, -0.25) is 4.90 Å². The minimum Gasteiger partial charge on any atom is -0.444 e. The first kappa shape index (κ1) is 14.9. The number of hydrogen-bond donors (Lipinski definition) is 0. The SMILES string of the molecule is CON=CC1=CCC[C@H]2CC[C@@H]1N2C(=O)OC(C)(C)C. The molecular weight excluding hydrogens is 256 g/mol. The second-order valence-electron chi connectivity index (χ2n) is 6.33. The number of rotatable bonds is 2. The van der Waals surface area contributed by atoms with E-state index in [4.69, 9.17) is 9.57 Å². The largest absolute Gasteiger partial charge is 0.444 e. The Kier molecular flexibility index (Phi) is 4.35. The number of hydrogen-bond acceptors (Lipinski definition) is 4. The summed E-state index contributed by atoms with van der Waals surface area (Å²) >= 11 is 0. The van der Waals surface area contributed by atoms with Crippen molar-refractivity contribution < 1.29 is 14.4 Å². The van der Waals surface area contributed by atoms with Crippen molar-refractivity contribution in [3.63, 3.8) is 0 Å². The van der Waals surface area contributed by atoms with E-state index >= 15 is 0 Å². The molecule has 2 heterocycles. The second-order valence-corrected chi connectivity index (χ2v) is 6.33. The second kappa shape index (κ2) is 5.85. The van der Waals surface area contributed by atoms with Gasteiger partial charge in [0, 0.05) is 6.04 Å². The third-order valence-corrected chi connectivity index (χ3v) is 3.68. The van der Waals surface area contributed by atoms with E-state index in [0.29, 0.717) is 0 Å². The van der Waals surface area contributed by atoms with Crippen LogP contribution in [0.4, 0.5) is 4.79 Å². The van der Waals surface area contributed by atoms with Gasteiger partial charge in [-0.25, -0.2) is 4.79 Å². The minimum atomic E-state index is -0.465. The summed E-state index contributed by atoms with van der Waals surface area (Å²) in [5.41, 5.74) is 0.588. The molecular formula is C15H24N2O3. The first-order valence-electron chi connectivity index (χ1n) is 7.20. The highest BCUT2D eigenvalue weighted by Crippen LogP contribution is 2.35. The predicted molar refractivity (Wildman–Crippen MR) is 77.7 cm³/mol. The van der Waals surface area contributed by atoms with Gasteiger partial charge < -0.3 is 9.57 Å². The number of amides is 1. The highest BCUT2D eigenvalue weighted by atomic mass is 16.6. The fourth-order valence-electron chi connectivity index (χ4n) is 2.92. The highest BCUT2D eigenvalue weighted by Gasteiger charge is 2.41. The number of nitrogens with zero attached hydrogens (tertiary/aromatic N) is 2. The molecule has 112 valence electrons. The Morgan fingerprint density at radius 3 is 2.80 bits per heavy atom. The third kappa shape index (κ3) is 3.32. The van der Waals surface area contributed by atoms with Crippen LogP contribution in [0.3, 0.4) is 0 Å². The monoisotopic (exact) mass is 280 g/mol. The molecule has 2 aliphatic heterocycles. The molecule has 0 aromatic carbocycles. The zero-order chi connectivity index (χ0) is 14.8. The van der Waals surface area contributed by atoms with Gasteiger partial charge in [-0.05, 0) is 52.0 Å². The fourth-order valence-corrected chi connectivity index (χ4v) is 2.92. The number of carbonyl (C=O) groups excluding carboxylic acids is 1. The molecule has 0 aromatic rings. The van der Waals surface area contributed by atoms with Gasteiger partial charge >= 0.3 is 6.09 Å². The lowest BCUT2D eigenvalue weighted by Gasteiger charge is -2.31. The molecule has 0 spiro atoms. The van der Waals surface area contributed by atoms with Gasteiger partial charge in [0.2, 0.25) is 0 Å². The Bertz CT molecular complexity index is 423. The lowest BCUT2D eigenvalue weighted by Crippen LogP contribution is -2.44. The van der Waals surface area contributed by atoms with Gasteiger partial charge in [0.15, 0.2) is 0 Å². The van der Waals surface area contributed by atoms with E-state index in [2.05, 4.69) is 11.2 Å². The van der Waals surface area contributed by atoms with Gasteiger partial charge in [-0.1, -0.05) is 11.2 Å². The molecule has 0 saturated carbocycles. The Balaban J connectivity index is 2.18. The molecule has 20 heavy (non-hydrogen) atoms. The van der Waals surface area contributed by atoms with Crippen LogP contribution < -0.4 is 0 Å². The molecule has 0 aliphatic carbocycles. The van der Waals surface area contributed by atoms with E-state index < -0.39 is 5.60 Å². The Labute approximate surface area is 120 Å². The molecule has 0 N–H and O–H groups in total. The lowest BCUT2D eigenvalue weighted by molar-refractivity contribution is 0.0176. The first-order valence-corrected chi connectivity index (χ1v) is 7.20. The maximum Gasteiger partial charge on any atom is 0.411 e. The van der Waals surface area contributed by atoms with E-state index in [0.717, 1.165) is 31.3 Å². The number of carbonyl (C=O) groups is 1. The maximum absolute atomic E-state index is 12.4. The van der Waals surface area contributed by atoms with Crippen LogP contribution in [0.15, 0.2) is 16.8 Å². The smallest absolute Gasteiger partial charge is 0.411 e. The Hall–Kier alpha value is -1.52. The van der Waals surface area contributed by atoms with E-state index in [9.17, 15) is 4.79 Å². The Morgan fingerprint density at radius 1 is 1.40 bits per heavy atom. The van der Waals surface area contributed by atoms with Gasteiger partial charge in [0.05, 0.1) is 12.3 Å². The van der Waals surface area contributed by atoms with Crippen LogP contribution in [0.5, 0.6) is 0 Å². The molecule has 2 atom stereocenters. The zero-order valence-corrected chi connectivity index (χ0v) is 12.8. The van der Waals surface area contributed by atoms with Gasteiger partial charge in [0.25, 0.3) is 0 Å². The van der Waals surface area contributed by atoms with Crippen molar-refractivity contribution in [3.8, 4) is 0 Å². The standard InChI is InChI=1S/C15H24N2O3/c1-15(2,3)20-14(18)17-12-7-5-6-11(10-16-19-4)13(17)9-8-12/h6,10,12-13H,5,7-9H2,1-4H3/t12-,13-/m0/s1. The molecule has 0 unspecified atom stereocenters. The first-order chi connectivity index (χ1) is 9.42. The number of ether oxygens (including phenoxy) is 1. The molecule has 1 amide bonds. The topological polar surface area (TPSA) is 51.1 Å². The van der Waals surface area contributed by atoms with Crippen LogP contribution in [0.25, 0.3) is 0 Å². The number of oxime groups is 1. The van der Waals surface area contributed by atoms with Crippen molar-refractivity contribution in [2.45, 2.75) is 64.1 Å². The molecule has 1 fully saturated rings. The molecule has 0 aromatic heterocycles. The fraction of sp³-hybridized carbons (Fsp3) is 0.733. The molecule has 2 bridgehead atoms. The van der Waals surface area contributed by atoms with Crippen LogP contribution in [0.2, 0.25) is 0 Å². The van der Waals surface area contributed by atoms with Crippen molar-refractivity contribution >= 4 is 12.3 Å². The quantitative estimate of drug-likeness (QED) is 0.577. The van der Waals surface area contributed by atoms with Gasteiger partial charge in [-0.15, -0.1) is 0 Å². The summed E-state index contributed by atoms with van der Waals surface area (Å²) in [5, 5.41) is 3.85. The van der Waals surface area contributed by atoms with Gasteiger partial charge in [-0.2, -0.15) is 0 Å². The third-order valence-electron chi connectivity index (χ3n) is 3.68. The van der Waals surface area contributed by atoms with Crippen LogP contribution in [0.1, 0.15) is 46.5 Å². The zero-order valence-electron chi connectivity index (χ0n) is 12.8. The predicted octanol–water partition coefficient (Wildman–Crippen LogP) is 3.11. The summed E-state index contributed by atoms with van der Waals surface area (Å²) in [6, 6.07) is 0.343. The molecule has 5 nitrogen and oxygen atoms in total. The summed E-state index contributed by atoms with van der Waals surface area (Å²) in [7, 11) is 1.52. The number of fused-ring (bicyclic) bond motifs is 2. The molecule has 5 heteroatoms. The molecule has 2 rings (SSSR count). The van der Waals surface area contributed by atoms with E-state index in [-0.39, 0.29) is 18.2 Å². The van der Waals surface area contributed by atoms with Crippen LogP contribution >= 0.6 is 0 Å². The van der Waals surface area contributed by atoms with Crippen molar-refractivity contribution in [1.82, 2.24) is 4.90 Å². The van der Waals surface area contributed by atoms with Crippen LogP contribution in [0, 0.1) is 0 Å². The Morgan fingerprint density at radius 2 is 2.15 bits per heavy atom. The average molecular weight is 280 g/mol. The summed E-state index contributed by atoms with van der Waals surface area (Å²) in [6.45, 7) is 5.69. The summed E-state index contributed by atoms with van der Waals surface area (Å²) in [4.78, 5) is 19.1. The highest BCUT2D eigenvalue weighted by molar-refractivity contribution is 5.82. The van der Waals surface area contributed by atoms with E-state index in [1.165, 1.54) is 7.11 Å². The van der Waals surface area contributed by atoms with Crippen LogP contribution in [-0.4, -0.2) is 42.0 Å². The summed E-state index contributed by atoms with van der Waals surface area (Å²) < 4.78 is 5.55. The summed E-state index contributed by atoms with van der Waals surface area (Å²) in [5.74, 6) is 0. The van der Waals surface area contributed by atoms with E-state index in [1.807, 2.05) is 25.7 Å². The van der Waals surface area contributed by atoms with Crippen molar-refractivity contribution in [1.29, 1.82) is 0 Å². The number of allylic oxidation sites excluding steroid dienone is 1. The molecule has 1 saturated heterocycles. The average Bonchev–Trinajstić information content (AvgIpc) is 2.64. The van der Waals surface area contributed by atoms with E-state index in [1.54, 1.807) is 6.21 Å². The van der Waals surface area contributed by atoms with Crippen LogP contribution in [-0.2, 0) is 9.57 Å². The van der Waals surface area contributed by atoms with Crippen molar-refractivity contribution in [2.24, 2.45) is 5.16 Å². The minimum absolute atomic E-state index is 0.0660. The lowest BCUT2D eigenvalue weighted by atomic mass is 10.0.